The average molecular weight is 405 g/mol. The van der Waals surface area contributed by atoms with Gasteiger partial charge in [0.05, 0.1) is 19.7 Å². The van der Waals surface area contributed by atoms with Crippen LogP contribution in [0.4, 0.5) is 0 Å². The Morgan fingerprint density at radius 1 is 1.14 bits per heavy atom. The molecule has 1 aliphatic rings. The van der Waals surface area contributed by atoms with Crippen LogP contribution in [0.3, 0.4) is 0 Å². The molecule has 0 aliphatic carbocycles. The van der Waals surface area contributed by atoms with E-state index in [4.69, 9.17) is 4.74 Å². The molecule has 7 heteroatoms. The number of rotatable bonds is 8. The van der Waals surface area contributed by atoms with Crippen LogP contribution >= 0.6 is 0 Å². The van der Waals surface area contributed by atoms with Crippen molar-refractivity contribution in [2.24, 2.45) is 0 Å². The molecular weight excluding hydrogens is 368 g/mol. The topological polar surface area (TPSA) is 65.1 Å². The number of hydrogen-bond donors (Lipinski definition) is 1. The first kappa shape index (κ1) is 23.2. The molecule has 0 atom stereocenters. The number of nitrogens with one attached hydrogen (secondary N) is 1. The highest BCUT2D eigenvalue weighted by molar-refractivity contribution is 5.79. The number of piperazine rings is 1. The summed E-state index contributed by atoms with van der Waals surface area (Å²) in [6.07, 6.45) is 0. The zero-order valence-electron chi connectivity index (χ0n) is 18.5. The van der Waals surface area contributed by atoms with Crippen LogP contribution in [0.2, 0.25) is 0 Å². The van der Waals surface area contributed by atoms with Gasteiger partial charge in [-0.1, -0.05) is 18.2 Å². The van der Waals surface area contributed by atoms with Gasteiger partial charge in [0.15, 0.2) is 0 Å². The van der Waals surface area contributed by atoms with Crippen LogP contribution in [0.5, 0.6) is 5.75 Å². The summed E-state index contributed by atoms with van der Waals surface area (Å²) in [6.45, 7) is 12.7. The lowest BCUT2D eigenvalue weighted by Gasteiger charge is -2.35. The Balaban J connectivity index is 1.77. The molecule has 1 aliphatic heterocycles. The molecule has 0 unspecified atom stereocenters. The first-order valence-corrected chi connectivity index (χ1v) is 10.4. The van der Waals surface area contributed by atoms with Gasteiger partial charge in [0.2, 0.25) is 11.8 Å². The molecule has 0 saturated carbocycles. The molecule has 0 radical (unpaired) electrons. The van der Waals surface area contributed by atoms with Crippen LogP contribution in [0, 0.1) is 0 Å². The van der Waals surface area contributed by atoms with Crippen LogP contribution in [-0.2, 0) is 16.1 Å². The van der Waals surface area contributed by atoms with E-state index in [2.05, 4.69) is 10.2 Å². The molecular formula is C22H36N4O3. The Morgan fingerprint density at radius 3 is 2.41 bits per heavy atom. The predicted octanol–water partition coefficient (Wildman–Crippen LogP) is 1.58. The fourth-order valence-corrected chi connectivity index (χ4v) is 3.42. The number of carbonyl (C=O) groups is 2. The van der Waals surface area contributed by atoms with Crippen molar-refractivity contribution >= 4 is 11.8 Å². The summed E-state index contributed by atoms with van der Waals surface area (Å²) in [5.74, 6) is 1.03. The minimum atomic E-state index is -0.222. The minimum absolute atomic E-state index is 0.0324. The van der Waals surface area contributed by atoms with Gasteiger partial charge < -0.3 is 15.0 Å². The van der Waals surface area contributed by atoms with Crippen molar-refractivity contribution in [3.05, 3.63) is 29.8 Å². The second kappa shape index (κ2) is 10.6. The Morgan fingerprint density at radius 2 is 1.79 bits per heavy atom. The lowest BCUT2D eigenvalue weighted by molar-refractivity contribution is -0.134. The summed E-state index contributed by atoms with van der Waals surface area (Å²) in [7, 11) is 1.95. The Hall–Kier alpha value is -2.12. The molecule has 1 aromatic carbocycles. The molecule has 0 spiro atoms. The third-order valence-corrected chi connectivity index (χ3v) is 4.72. The van der Waals surface area contributed by atoms with Crippen LogP contribution in [0.25, 0.3) is 0 Å². The maximum absolute atomic E-state index is 12.7. The quantitative estimate of drug-likeness (QED) is 0.713. The van der Waals surface area contributed by atoms with Gasteiger partial charge in [0.25, 0.3) is 0 Å². The van der Waals surface area contributed by atoms with Crippen LogP contribution in [0.15, 0.2) is 24.3 Å². The largest absolute Gasteiger partial charge is 0.494 e. The monoisotopic (exact) mass is 404 g/mol. The zero-order valence-corrected chi connectivity index (χ0v) is 18.5. The summed E-state index contributed by atoms with van der Waals surface area (Å²) in [5, 5.41) is 2.99. The number of amides is 2. The first-order chi connectivity index (χ1) is 13.7. The molecule has 0 bridgehead atoms. The maximum atomic E-state index is 12.7. The zero-order chi connectivity index (χ0) is 21.4. The average Bonchev–Trinajstić information content (AvgIpc) is 2.62. The van der Waals surface area contributed by atoms with Gasteiger partial charge >= 0.3 is 0 Å². The maximum Gasteiger partial charge on any atom is 0.236 e. The number of benzene rings is 1. The van der Waals surface area contributed by atoms with Gasteiger partial charge in [-0.2, -0.15) is 0 Å². The first-order valence-electron chi connectivity index (χ1n) is 10.4. The Kier molecular flexibility index (Phi) is 8.46. The summed E-state index contributed by atoms with van der Waals surface area (Å²) >= 11 is 0. The van der Waals surface area contributed by atoms with E-state index >= 15 is 0 Å². The van der Waals surface area contributed by atoms with Crippen molar-refractivity contribution in [2.75, 3.05) is 52.9 Å². The van der Waals surface area contributed by atoms with E-state index in [0.29, 0.717) is 39.3 Å². The van der Waals surface area contributed by atoms with E-state index in [-0.39, 0.29) is 17.4 Å². The van der Waals surface area contributed by atoms with Crippen molar-refractivity contribution in [1.29, 1.82) is 0 Å². The van der Waals surface area contributed by atoms with Crippen molar-refractivity contribution in [3.8, 4) is 5.75 Å². The second-order valence-electron chi connectivity index (χ2n) is 8.67. The van der Waals surface area contributed by atoms with E-state index in [0.717, 1.165) is 24.4 Å². The normalized spacial score (nSPS) is 15.4. The highest BCUT2D eigenvalue weighted by Crippen LogP contribution is 2.19. The summed E-state index contributed by atoms with van der Waals surface area (Å²) in [6, 6.07) is 7.94. The lowest BCUT2D eigenvalue weighted by atomic mass is 10.1. The molecule has 1 aromatic rings. The predicted molar refractivity (Wildman–Crippen MR) is 115 cm³/mol. The third kappa shape index (κ3) is 8.03. The number of likely N-dealkylation sites (N-methyl/N-ethyl adjacent to an activating group) is 1. The van der Waals surface area contributed by atoms with E-state index in [1.807, 2.05) is 68.8 Å². The Labute approximate surface area is 175 Å². The SMILES string of the molecule is CCOc1ccccc1CN(C)CC(=O)N1CCN(CC(=O)NC(C)(C)C)CC1. The van der Waals surface area contributed by atoms with Crippen LogP contribution < -0.4 is 10.1 Å². The molecule has 7 nitrogen and oxygen atoms in total. The van der Waals surface area contributed by atoms with Crippen molar-refractivity contribution in [3.63, 3.8) is 0 Å². The van der Waals surface area contributed by atoms with Crippen molar-refractivity contribution < 1.29 is 14.3 Å². The Bertz CT molecular complexity index is 679. The van der Waals surface area contributed by atoms with Crippen LogP contribution in [-0.4, -0.2) is 85.0 Å². The molecule has 1 N–H and O–H groups in total. The standard InChI is InChI=1S/C22H36N4O3/c1-6-29-19-10-8-7-9-18(19)15-24(5)17-21(28)26-13-11-25(12-14-26)16-20(27)23-22(2,3)4/h7-10H,6,11-17H2,1-5H3,(H,23,27). The number of para-hydroxylation sites is 1. The second-order valence-corrected chi connectivity index (χ2v) is 8.67. The number of nitrogens with zero attached hydrogens (tertiary/aromatic N) is 3. The number of ether oxygens (including phenoxy) is 1. The summed E-state index contributed by atoms with van der Waals surface area (Å²) in [5.41, 5.74) is 0.861. The van der Waals surface area contributed by atoms with E-state index < -0.39 is 0 Å². The molecule has 1 heterocycles. The fourth-order valence-electron chi connectivity index (χ4n) is 3.42. The highest BCUT2D eigenvalue weighted by Gasteiger charge is 2.24. The molecule has 162 valence electrons. The molecule has 1 saturated heterocycles. The van der Waals surface area contributed by atoms with E-state index in [1.165, 1.54) is 0 Å². The molecule has 0 aromatic heterocycles. The summed E-state index contributed by atoms with van der Waals surface area (Å²) in [4.78, 5) is 30.8. The van der Waals surface area contributed by atoms with Gasteiger partial charge in [-0.25, -0.2) is 0 Å². The van der Waals surface area contributed by atoms with Crippen molar-refractivity contribution in [2.45, 2.75) is 39.8 Å². The summed E-state index contributed by atoms with van der Waals surface area (Å²) < 4.78 is 5.67. The van der Waals surface area contributed by atoms with Gasteiger partial charge in [-0.05, 0) is 40.8 Å². The molecule has 2 rings (SSSR count). The molecule has 1 fully saturated rings. The molecule has 2 amide bonds. The molecule has 29 heavy (non-hydrogen) atoms. The smallest absolute Gasteiger partial charge is 0.236 e. The van der Waals surface area contributed by atoms with Crippen LogP contribution in [0.1, 0.15) is 33.3 Å². The van der Waals surface area contributed by atoms with E-state index in [9.17, 15) is 9.59 Å². The third-order valence-electron chi connectivity index (χ3n) is 4.72. The fraction of sp³-hybridized carbons (Fsp3) is 0.636. The van der Waals surface area contributed by atoms with Crippen molar-refractivity contribution in [1.82, 2.24) is 20.0 Å². The van der Waals surface area contributed by atoms with Gasteiger partial charge in [-0.3, -0.25) is 19.4 Å². The minimum Gasteiger partial charge on any atom is -0.494 e. The number of hydrogen-bond acceptors (Lipinski definition) is 5. The van der Waals surface area contributed by atoms with Gasteiger partial charge in [0, 0.05) is 43.8 Å². The lowest BCUT2D eigenvalue weighted by Crippen LogP contribution is -2.54. The highest BCUT2D eigenvalue weighted by atomic mass is 16.5. The van der Waals surface area contributed by atoms with Gasteiger partial charge in [-0.15, -0.1) is 0 Å². The van der Waals surface area contributed by atoms with E-state index in [1.54, 1.807) is 0 Å². The van der Waals surface area contributed by atoms with Gasteiger partial charge in [0.1, 0.15) is 5.75 Å². The number of carbonyl (C=O) groups excluding carboxylic acids is 2.